The number of rotatable bonds is 2. The zero-order valence-electron chi connectivity index (χ0n) is 5.77. The van der Waals surface area contributed by atoms with Gasteiger partial charge in [0.15, 0.2) is 0 Å². The van der Waals surface area contributed by atoms with Gasteiger partial charge in [-0.2, -0.15) is 5.26 Å². The number of halogens is 2. The summed E-state index contributed by atoms with van der Waals surface area (Å²) in [5, 5.41) is 8.34. The van der Waals surface area contributed by atoms with E-state index in [9.17, 15) is 8.78 Å². The first-order valence-electron chi connectivity index (χ1n) is 3.33. The summed E-state index contributed by atoms with van der Waals surface area (Å²) in [5.41, 5.74) is 0. The van der Waals surface area contributed by atoms with Gasteiger partial charge >= 0.3 is 0 Å². The van der Waals surface area contributed by atoms with Crippen molar-refractivity contribution in [2.75, 3.05) is 0 Å². The smallest absolute Gasteiger partial charge is 0.206 e. The number of hydrogen-bond donors (Lipinski definition) is 0. The van der Waals surface area contributed by atoms with Crippen LogP contribution in [0.15, 0.2) is 0 Å². The van der Waals surface area contributed by atoms with Crippen LogP contribution < -0.4 is 0 Å². The Bertz CT molecular complexity index is 161. The Kier molecular flexibility index (Phi) is 1.63. The Morgan fingerprint density at radius 2 is 2.10 bits per heavy atom. The molecule has 1 aliphatic carbocycles. The molecule has 0 aromatic carbocycles. The van der Waals surface area contributed by atoms with E-state index < -0.39 is 11.8 Å². The second kappa shape index (κ2) is 2.19. The number of nitrogens with zero attached hydrogens (tertiary/aromatic N) is 1. The van der Waals surface area contributed by atoms with Gasteiger partial charge in [0.25, 0.3) is 5.92 Å². The van der Waals surface area contributed by atoms with Crippen molar-refractivity contribution in [2.45, 2.75) is 25.7 Å². The summed E-state index contributed by atoms with van der Waals surface area (Å²) in [6.45, 7) is 0.819. The van der Waals surface area contributed by atoms with Gasteiger partial charge in [-0.3, -0.25) is 0 Å². The Morgan fingerprint density at radius 1 is 1.60 bits per heavy atom. The molecular weight excluding hydrogens is 136 g/mol. The van der Waals surface area contributed by atoms with E-state index in [0.29, 0.717) is 0 Å². The predicted molar refractivity (Wildman–Crippen MR) is 32.4 cm³/mol. The normalized spacial score (nSPS) is 21.8. The van der Waals surface area contributed by atoms with E-state index >= 15 is 0 Å². The minimum absolute atomic E-state index is 0.0370. The molecule has 10 heavy (non-hydrogen) atoms. The zero-order valence-corrected chi connectivity index (χ0v) is 5.77. The fourth-order valence-corrected chi connectivity index (χ4v) is 1.06. The maximum absolute atomic E-state index is 12.5. The summed E-state index contributed by atoms with van der Waals surface area (Å²) in [6, 6.07) is 1.65. The van der Waals surface area contributed by atoms with Crippen molar-refractivity contribution in [1.82, 2.24) is 0 Å². The van der Waals surface area contributed by atoms with Crippen molar-refractivity contribution >= 4 is 0 Å². The molecule has 1 fully saturated rings. The van der Waals surface area contributed by atoms with Crippen LogP contribution in [-0.2, 0) is 0 Å². The van der Waals surface area contributed by atoms with Gasteiger partial charge in [0.2, 0.25) is 0 Å². The highest BCUT2D eigenvalue weighted by Crippen LogP contribution is 2.43. The summed E-state index contributed by atoms with van der Waals surface area (Å²) >= 11 is 0. The van der Waals surface area contributed by atoms with E-state index in [4.69, 9.17) is 5.26 Å². The van der Waals surface area contributed by atoms with Crippen LogP contribution in [0.3, 0.4) is 0 Å². The third kappa shape index (κ3) is 1.44. The van der Waals surface area contributed by atoms with E-state index in [1.165, 1.54) is 0 Å². The van der Waals surface area contributed by atoms with Crippen molar-refractivity contribution in [3.05, 3.63) is 0 Å². The Morgan fingerprint density at radius 3 is 2.20 bits per heavy atom. The van der Waals surface area contributed by atoms with Crippen LogP contribution in [0, 0.1) is 23.2 Å². The largest absolute Gasteiger partial charge is 0.261 e. The van der Waals surface area contributed by atoms with E-state index in [0.717, 1.165) is 19.8 Å². The molecule has 0 spiro atoms. The molecule has 0 bridgehead atoms. The van der Waals surface area contributed by atoms with Crippen LogP contribution in [0.5, 0.6) is 0 Å². The number of hydrogen-bond acceptors (Lipinski definition) is 1. The SMILES string of the molecule is CC(F)(F)C(C#N)C1CC1. The van der Waals surface area contributed by atoms with Crippen molar-refractivity contribution in [2.24, 2.45) is 11.8 Å². The van der Waals surface area contributed by atoms with Gasteiger partial charge in [-0.05, 0) is 18.8 Å². The Hall–Kier alpha value is -0.650. The summed E-state index contributed by atoms with van der Waals surface area (Å²) < 4.78 is 24.9. The first-order chi connectivity index (χ1) is 4.55. The van der Waals surface area contributed by atoms with Gasteiger partial charge in [0.05, 0.1) is 6.07 Å². The fourth-order valence-electron chi connectivity index (χ4n) is 1.06. The number of nitriles is 1. The fraction of sp³-hybridized carbons (Fsp3) is 0.857. The van der Waals surface area contributed by atoms with Crippen LogP contribution in [0.1, 0.15) is 19.8 Å². The van der Waals surface area contributed by atoms with Crippen molar-refractivity contribution in [3.8, 4) is 6.07 Å². The lowest BCUT2D eigenvalue weighted by Crippen LogP contribution is -2.24. The lowest BCUT2D eigenvalue weighted by molar-refractivity contribution is -0.0255. The van der Waals surface area contributed by atoms with Crippen LogP contribution in [0.2, 0.25) is 0 Å². The van der Waals surface area contributed by atoms with Crippen molar-refractivity contribution in [1.29, 1.82) is 5.26 Å². The third-order valence-electron chi connectivity index (χ3n) is 1.78. The van der Waals surface area contributed by atoms with Gasteiger partial charge in [0.1, 0.15) is 5.92 Å². The molecule has 0 saturated heterocycles. The molecule has 0 heterocycles. The van der Waals surface area contributed by atoms with E-state index in [1.807, 2.05) is 0 Å². The summed E-state index contributed by atoms with van der Waals surface area (Å²) in [5.74, 6) is -3.90. The maximum atomic E-state index is 12.5. The van der Waals surface area contributed by atoms with Crippen LogP contribution in [0.25, 0.3) is 0 Å². The topological polar surface area (TPSA) is 23.8 Å². The molecule has 1 aliphatic rings. The molecular formula is C7H9F2N. The summed E-state index contributed by atoms with van der Waals surface area (Å²) in [6.07, 6.45) is 1.59. The van der Waals surface area contributed by atoms with Crippen molar-refractivity contribution in [3.63, 3.8) is 0 Å². The molecule has 1 saturated carbocycles. The van der Waals surface area contributed by atoms with Gasteiger partial charge in [0, 0.05) is 6.92 Å². The molecule has 0 N–H and O–H groups in total. The first-order valence-corrected chi connectivity index (χ1v) is 3.33. The molecule has 1 nitrogen and oxygen atoms in total. The predicted octanol–water partition coefficient (Wildman–Crippen LogP) is 2.19. The van der Waals surface area contributed by atoms with Crippen LogP contribution in [0.4, 0.5) is 8.78 Å². The molecule has 56 valence electrons. The van der Waals surface area contributed by atoms with E-state index in [1.54, 1.807) is 6.07 Å². The molecule has 1 atom stereocenters. The molecule has 0 aromatic rings. The second-order valence-electron chi connectivity index (χ2n) is 2.90. The van der Waals surface area contributed by atoms with Crippen LogP contribution >= 0.6 is 0 Å². The highest BCUT2D eigenvalue weighted by molar-refractivity contribution is 5.00. The lowest BCUT2D eigenvalue weighted by atomic mass is 9.99. The Labute approximate surface area is 58.6 Å². The molecule has 1 unspecified atom stereocenters. The highest BCUT2D eigenvalue weighted by atomic mass is 19.3. The maximum Gasteiger partial charge on any atom is 0.261 e. The molecule has 1 rings (SSSR count). The quantitative estimate of drug-likeness (QED) is 0.584. The van der Waals surface area contributed by atoms with Gasteiger partial charge in [-0.1, -0.05) is 0 Å². The van der Waals surface area contributed by atoms with Gasteiger partial charge in [-0.25, -0.2) is 8.78 Å². The van der Waals surface area contributed by atoms with E-state index in [2.05, 4.69) is 0 Å². The van der Waals surface area contributed by atoms with Gasteiger partial charge in [-0.15, -0.1) is 0 Å². The highest BCUT2D eigenvalue weighted by Gasteiger charge is 2.44. The molecule has 0 amide bonds. The monoisotopic (exact) mass is 145 g/mol. The van der Waals surface area contributed by atoms with Crippen molar-refractivity contribution < 1.29 is 8.78 Å². The first kappa shape index (κ1) is 7.46. The third-order valence-corrected chi connectivity index (χ3v) is 1.78. The average Bonchev–Trinajstić information content (AvgIpc) is 2.46. The minimum Gasteiger partial charge on any atom is -0.206 e. The standard InChI is InChI=1S/C7H9F2N/c1-7(8,9)6(4-10)5-2-3-5/h5-6H,2-3H2,1H3. The average molecular weight is 145 g/mol. The Balaban J connectivity index is 2.57. The molecule has 0 radical (unpaired) electrons. The van der Waals surface area contributed by atoms with Gasteiger partial charge < -0.3 is 0 Å². The lowest BCUT2D eigenvalue weighted by Gasteiger charge is -2.15. The van der Waals surface area contributed by atoms with E-state index in [-0.39, 0.29) is 5.92 Å². The molecule has 0 aliphatic heterocycles. The molecule has 0 aromatic heterocycles. The minimum atomic E-state index is -2.81. The molecule has 3 heteroatoms. The zero-order chi connectivity index (χ0) is 7.78. The van der Waals surface area contributed by atoms with Crippen LogP contribution in [-0.4, -0.2) is 5.92 Å². The number of alkyl halides is 2. The second-order valence-corrected chi connectivity index (χ2v) is 2.90. The summed E-state index contributed by atoms with van der Waals surface area (Å²) in [4.78, 5) is 0. The summed E-state index contributed by atoms with van der Waals surface area (Å²) in [7, 11) is 0.